The van der Waals surface area contributed by atoms with Crippen molar-refractivity contribution >= 4 is 54.8 Å². The van der Waals surface area contributed by atoms with Crippen LogP contribution >= 0.6 is 0 Å². The number of aromatic nitrogens is 4. The maximum absolute atomic E-state index is 9.72. The molecule has 0 radical (unpaired) electrons. The normalized spacial score (nSPS) is 13.6. The average Bonchev–Trinajstić information content (AvgIpc) is 1.58. The van der Waals surface area contributed by atoms with Gasteiger partial charge in [-0.25, -0.2) is 4.98 Å². The number of hydrogen-bond acceptors (Lipinski definition) is 2. The van der Waals surface area contributed by atoms with E-state index in [0.717, 1.165) is 111 Å². The number of imidazole rings is 1. The summed E-state index contributed by atoms with van der Waals surface area (Å²) in [5.74, 6) is 0.740. The zero-order valence-electron chi connectivity index (χ0n) is 53.4. The first-order chi connectivity index (χ1) is 42.2. The molecule has 5 heteroatoms. The summed E-state index contributed by atoms with van der Waals surface area (Å²) in [6.07, 6.45) is 5.83. The van der Waals surface area contributed by atoms with E-state index >= 15 is 0 Å². The molecule has 80 heavy (non-hydrogen) atoms. The zero-order chi connectivity index (χ0) is 61.2. The fourth-order valence-electron chi connectivity index (χ4n) is 11.4. The highest BCUT2D eigenvalue weighted by Gasteiger charge is 2.27. The summed E-state index contributed by atoms with van der Waals surface area (Å²) in [5.41, 5.74) is 14.6. The minimum absolute atomic E-state index is 0.0377. The standard InChI is InChI=1S/C75H60N4O/c1-74(2,3)57-44-55(52-24-11-8-12-25-52)43-56(45-57)64-47-58(75(4,5)6)46-63(54-27-20-26-53(42-54)51-22-9-7-10-23-51)72(64)78-48-77(66-32-16-17-33-67(66)78)59-28-19-21-49(40-59)39-50-35-36-61-60-29-13-15-31-65(60)79(68(61)41-50)73-71-62-30-14-18-34-69(62)80-70(71)37-38-76-73/h7-38,40-47H,39H2,1-6H3/i8D,11D,12D,19D,21D,24D,25D,28D. The number of furan rings is 1. The molecule has 0 aliphatic heterocycles. The Morgan fingerprint density at radius 3 is 1.96 bits per heavy atom. The maximum atomic E-state index is 9.72. The highest BCUT2D eigenvalue weighted by atomic mass is 16.3. The fraction of sp³-hybridized carbons (Fsp3) is 0.120. The second-order valence-electron chi connectivity index (χ2n) is 22.8. The summed E-state index contributed by atoms with van der Waals surface area (Å²) in [7, 11) is 0. The smallest absolute Gasteiger partial charge is 0.269 e. The predicted octanol–water partition coefficient (Wildman–Crippen LogP) is 19.0. The van der Waals surface area contributed by atoms with E-state index in [-0.39, 0.29) is 47.6 Å². The van der Waals surface area contributed by atoms with Crippen molar-refractivity contribution < 1.29 is 20.0 Å². The molecule has 0 amide bonds. The van der Waals surface area contributed by atoms with Crippen LogP contribution in [0.5, 0.6) is 0 Å². The van der Waals surface area contributed by atoms with Gasteiger partial charge in [0.25, 0.3) is 6.33 Å². The van der Waals surface area contributed by atoms with Gasteiger partial charge in [0.2, 0.25) is 0 Å². The van der Waals surface area contributed by atoms with Crippen LogP contribution < -0.4 is 4.57 Å². The van der Waals surface area contributed by atoms with Crippen LogP contribution in [0.2, 0.25) is 0 Å². The SMILES string of the molecule is [2H]c1c(Cc2ccc3c4ccccc4n(-c4nccc5oc6ccccc6c45)c3c2)cc(-n2[c-][n+](-c3c(-c4cccc(-c5ccccc5)c4)cc(C(C)(C)C)cc3-c3cc(-c4c([2H])c([2H])c([2H])c([2H])c4[2H])cc(C(C)(C)C)c3)c3ccccc32)c([2H])c1[2H]. The van der Waals surface area contributed by atoms with Gasteiger partial charge in [0.05, 0.1) is 49.8 Å². The summed E-state index contributed by atoms with van der Waals surface area (Å²) < 4.78 is 85.6. The number of pyridine rings is 1. The molecule has 0 aliphatic carbocycles. The van der Waals surface area contributed by atoms with E-state index in [4.69, 9.17) is 13.5 Å². The highest BCUT2D eigenvalue weighted by molar-refractivity contribution is 6.13. The topological polar surface area (TPSA) is 39.8 Å². The number of para-hydroxylation sites is 4. The third-order valence-corrected chi connectivity index (χ3v) is 15.5. The molecule has 0 saturated carbocycles. The first-order valence-electron chi connectivity index (χ1n) is 31.1. The molecule has 14 aromatic rings. The van der Waals surface area contributed by atoms with E-state index in [0.29, 0.717) is 22.3 Å². The van der Waals surface area contributed by atoms with E-state index in [1.807, 2.05) is 106 Å². The molecule has 0 aliphatic rings. The van der Waals surface area contributed by atoms with Crippen molar-refractivity contribution in [1.29, 1.82) is 0 Å². The van der Waals surface area contributed by atoms with Gasteiger partial charge in [-0.1, -0.05) is 229 Å². The first-order valence-corrected chi connectivity index (χ1v) is 27.1. The van der Waals surface area contributed by atoms with Crippen LogP contribution in [0.15, 0.2) is 247 Å². The first kappa shape index (κ1) is 40.6. The quantitative estimate of drug-likeness (QED) is 0.107. The monoisotopic (exact) mass is 1040 g/mol. The lowest BCUT2D eigenvalue weighted by Gasteiger charge is -2.27. The molecule has 4 aromatic heterocycles. The number of hydrogen-bond donors (Lipinski definition) is 0. The number of fused-ring (bicyclic) bond motifs is 7. The van der Waals surface area contributed by atoms with Crippen molar-refractivity contribution in [2.45, 2.75) is 58.8 Å². The minimum atomic E-state index is -0.456. The van der Waals surface area contributed by atoms with Crippen molar-refractivity contribution in [1.82, 2.24) is 14.1 Å². The number of rotatable bonds is 9. The molecule has 10 aromatic carbocycles. The molecule has 0 unspecified atom stereocenters. The molecule has 0 fully saturated rings. The van der Waals surface area contributed by atoms with E-state index in [1.54, 1.807) is 6.20 Å². The number of benzene rings is 10. The molecule has 4 heterocycles. The fourth-order valence-corrected chi connectivity index (χ4v) is 11.4. The Morgan fingerprint density at radius 2 is 1.15 bits per heavy atom. The minimum Gasteiger partial charge on any atom is -0.456 e. The summed E-state index contributed by atoms with van der Waals surface area (Å²) in [6.45, 7) is 12.9. The second-order valence-corrected chi connectivity index (χ2v) is 22.8. The van der Waals surface area contributed by atoms with Crippen molar-refractivity contribution in [2.75, 3.05) is 0 Å². The highest BCUT2D eigenvalue weighted by Crippen LogP contribution is 2.43. The third kappa shape index (κ3) is 8.58. The Balaban J connectivity index is 0.997. The van der Waals surface area contributed by atoms with Gasteiger partial charge >= 0.3 is 0 Å². The van der Waals surface area contributed by atoms with Gasteiger partial charge in [-0.3, -0.25) is 13.7 Å². The third-order valence-electron chi connectivity index (χ3n) is 15.5. The second kappa shape index (κ2) is 19.1. The largest absolute Gasteiger partial charge is 0.456 e. The molecular formula is C75H60N4O. The zero-order valence-corrected chi connectivity index (χ0v) is 45.4. The van der Waals surface area contributed by atoms with Crippen LogP contribution in [0.4, 0.5) is 0 Å². The lowest BCUT2D eigenvalue weighted by molar-refractivity contribution is -0.571. The summed E-state index contributed by atoms with van der Waals surface area (Å²) in [6, 6.07) is 61.4. The lowest BCUT2D eigenvalue weighted by Crippen LogP contribution is -2.32. The van der Waals surface area contributed by atoms with Crippen LogP contribution in [0.25, 0.3) is 116 Å². The summed E-state index contributed by atoms with van der Waals surface area (Å²) in [5, 5.41) is 3.97. The molecule has 0 bridgehead atoms. The van der Waals surface area contributed by atoms with Crippen molar-refractivity contribution in [3.8, 4) is 61.7 Å². The van der Waals surface area contributed by atoms with Gasteiger partial charge in [0, 0.05) is 22.4 Å². The van der Waals surface area contributed by atoms with Crippen LogP contribution in [-0.4, -0.2) is 14.1 Å². The van der Waals surface area contributed by atoms with Crippen LogP contribution in [-0.2, 0) is 17.3 Å². The Morgan fingerprint density at radius 1 is 0.487 bits per heavy atom. The van der Waals surface area contributed by atoms with Crippen molar-refractivity contribution in [3.63, 3.8) is 0 Å². The molecule has 0 atom stereocenters. The van der Waals surface area contributed by atoms with Gasteiger partial charge in [-0.05, 0) is 133 Å². The summed E-state index contributed by atoms with van der Waals surface area (Å²) in [4.78, 5) is 5.02. The van der Waals surface area contributed by atoms with E-state index in [9.17, 15) is 6.85 Å². The lowest BCUT2D eigenvalue weighted by atomic mass is 9.80. The molecule has 0 N–H and O–H groups in total. The molecule has 5 nitrogen and oxygen atoms in total. The maximum Gasteiger partial charge on any atom is 0.269 e. The molecule has 0 spiro atoms. The summed E-state index contributed by atoms with van der Waals surface area (Å²) >= 11 is 0. The Hall–Kier alpha value is -9.58. The van der Waals surface area contributed by atoms with Crippen LogP contribution in [0.1, 0.15) is 74.8 Å². The number of nitrogens with zero attached hydrogens (tertiary/aromatic N) is 4. The van der Waals surface area contributed by atoms with Gasteiger partial charge < -0.3 is 4.42 Å². The Labute approximate surface area is 478 Å². The van der Waals surface area contributed by atoms with Gasteiger partial charge in [-0.15, -0.1) is 0 Å². The Bertz CT molecular complexity index is 5170. The van der Waals surface area contributed by atoms with Crippen LogP contribution in [0, 0.1) is 6.33 Å². The van der Waals surface area contributed by atoms with E-state index in [1.165, 1.54) is 0 Å². The molecule has 386 valence electrons. The van der Waals surface area contributed by atoms with Gasteiger partial charge in [0.15, 0.2) is 0 Å². The molecule has 14 rings (SSSR count). The van der Waals surface area contributed by atoms with Gasteiger partial charge in [0.1, 0.15) is 17.0 Å². The molecular weight excluding hydrogens is 973 g/mol. The predicted molar refractivity (Wildman–Crippen MR) is 331 cm³/mol. The van der Waals surface area contributed by atoms with Gasteiger partial charge in [-0.2, -0.15) is 0 Å². The van der Waals surface area contributed by atoms with Crippen LogP contribution in [0.3, 0.4) is 0 Å². The Kier molecular flexibility index (Phi) is 9.70. The van der Waals surface area contributed by atoms with Crippen molar-refractivity contribution in [2.24, 2.45) is 0 Å². The van der Waals surface area contributed by atoms with E-state index in [2.05, 4.69) is 143 Å². The molecule has 0 saturated heterocycles. The average molecular weight is 1040 g/mol. The van der Waals surface area contributed by atoms with E-state index < -0.39 is 23.5 Å². The van der Waals surface area contributed by atoms with Crippen molar-refractivity contribution in [3.05, 3.63) is 271 Å².